The van der Waals surface area contributed by atoms with Crippen molar-refractivity contribution in [1.29, 1.82) is 0 Å². The Labute approximate surface area is 119 Å². The molecule has 0 aliphatic carbocycles. The number of methoxy groups -OCH3 is 2. The van der Waals surface area contributed by atoms with E-state index in [9.17, 15) is 0 Å². The highest BCUT2D eigenvalue weighted by Crippen LogP contribution is 2.35. The monoisotopic (exact) mass is 285 g/mol. The van der Waals surface area contributed by atoms with Gasteiger partial charge in [0.1, 0.15) is 11.5 Å². The molecule has 1 fully saturated rings. The van der Waals surface area contributed by atoms with Crippen molar-refractivity contribution in [2.45, 2.75) is 25.4 Å². The van der Waals surface area contributed by atoms with Crippen molar-refractivity contribution in [1.82, 2.24) is 0 Å². The highest BCUT2D eigenvalue weighted by molar-refractivity contribution is 6.32. The van der Waals surface area contributed by atoms with Crippen LogP contribution in [-0.2, 0) is 4.74 Å². The molecular formula is C14H20ClNO3. The van der Waals surface area contributed by atoms with E-state index >= 15 is 0 Å². The minimum Gasteiger partial charge on any atom is -0.495 e. The molecule has 5 heteroatoms. The molecular weight excluding hydrogens is 266 g/mol. The zero-order valence-corrected chi connectivity index (χ0v) is 12.1. The molecule has 2 rings (SSSR count). The number of rotatable bonds is 5. The lowest BCUT2D eigenvalue weighted by molar-refractivity contribution is 0.0247. The molecule has 0 amide bonds. The Balaban J connectivity index is 2.05. The van der Waals surface area contributed by atoms with Crippen molar-refractivity contribution < 1.29 is 14.2 Å². The molecule has 1 aliphatic rings. The first kappa shape index (κ1) is 14.3. The molecule has 19 heavy (non-hydrogen) atoms. The van der Waals surface area contributed by atoms with E-state index in [1.807, 2.05) is 6.07 Å². The summed E-state index contributed by atoms with van der Waals surface area (Å²) in [5.74, 6) is 1.34. The Morgan fingerprint density at radius 2 is 2.05 bits per heavy atom. The number of halogens is 1. The zero-order valence-electron chi connectivity index (χ0n) is 11.4. The maximum Gasteiger partial charge on any atom is 0.143 e. The predicted octanol–water partition coefficient (Wildman–Crippen LogP) is 3.34. The van der Waals surface area contributed by atoms with Crippen LogP contribution in [0.3, 0.4) is 0 Å². The number of nitrogens with one attached hydrogen (secondary N) is 1. The number of hydrogen-bond donors (Lipinski definition) is 1. The summed E-state index contributed by atoms with van der Waals surface area (Å²) in [5.41, 5.74) is 0.873. The maximum atomic E-state index is 6.07. The van der Waals surface area contributed by atoms with Gasteiger partial charge in [0, 0.05) is 25.3 Å². The first-order valence-electron chi connectivity index (χ1n) is 6.51. The van der Waals surface area contributed by atoms with Crippen LogP contribution in [0.25, 0.3) is 0 Å². The van der Waals surface area contributed by atoms with Crippen molar-refractivity contribution in [3.63, 3.8) is 0 Å². The summed E-state index contributed by atoms with van der Waals surface area (Å²) in [4.78, 5) is 0. The van der Waals surface area contributed by atoms with Crippen molar-refractivity contribution in [2.75, 3.05) is 32.7 Å². The summed E-state index contributed by atoms with van der Waals surface area (Å²) < 4.78 is 16.2. The van der Waals surface area contributed by atoms with Gasteiger partial charge in [-0.3, -0.25) is 0 Å². The van der Waals surface area contributed by atoms with Crippen molar-refractivity contribution in [2.24, 2.45) is 0 Å². The normalized spacial score (nSPS) is 19.0. The molecule has 0 radical (unpaired) electrons. The number of anilines is 1. The standard InChI is InChI=1S/C14H20ClNO3/c1-17-13-8-12(14(18-2)7-11(13)15)16-9-10-5-3-4-6-19-10/h7-8,10,16H,3-6,9H2,1-2H3. The molecule has 1 aliphatic heterocycles. The second-order valence-corrected chi connectivity index (χ2v) is 4.96. The average Bonchev–Trinajstić information content (AvgIpc) is 2.46. The Hall–Kier alpha value is -1.13. The summed E-state index contributed by atoms with van der Waals surface area (Å²) in [5, 5.41) is 3.89. The highest BCUT2D eigenvalue weighted by atomic mass is 35.5. The van der Waals surface area contributed by atoms with Gasteiger partial charge in [-0.25, -0.2) is 0 Å². The lowest BCUT2D eigenvalue weighted by atomic mass is 10.1. The van der Waals surface area contributed by atoms with E-state index < -0.39 is 0 Å². The summed E-state index contributed by atoms with van der Waals surface area (Å²) in [6.07, 6.45) is 3.75. The van der Waals surface area contributed by atoms with Gasteiger partial charge < -0.3 is 19.5 Å². The van der Waals surface area contributed by atoms with Crippen molar-refractivity contribution in [3.05, 3.63) is 17.2 Å². The summed E-state index contributed by atoms with van der Waals surface area (Å²) in [7, 11) is 3.22. The molecule has 0 bridgehead atoms. The van der Waals surface area contributed by atoms with Crippen LogP contribution in [0.2, 0.25) is 5.02 Å². The second kappa shape index (κ2) is 6.87. The Bertz CT molecular complexity index is 419. The summed E-state index contributed by atoms with van der Waals surface area (Å²) >= 11 is 6.07. The van der Waals surface area contributed by atoms with Gasteiger partial charge in [-0.2, -0.15) is 0 Å². The van der Waals surface area contributed by atoms with Gasteiger partial charge in [0.15, 0.2) is 0 Å². The van der Waals surface area contributed by atoms with E-state index in [-0.39, 0.29) is 6.10 Å². The molecule has 0 saturated carbocycles. The van der Waals surface area contributed by atoms with Gasteiger partial charge in [-0.1, -0.05) is 11.6 Å². The predicted molar refractivity (Wildman–Crippen MR) is 76.6 cm³/mol. The molecule has 1 unspecified atom stereocenters. The quantitative estimate of drug-likeness (QED) is 0.901. The van der Waals surface area contributed by atoms with Gasteiger partial charge >= 0.3 is 0 Å². The van der Waals surface area contributed by atoms with Crippen LogP contribution in [0, 0.1) is 0 Å². The Kier molecular flexibility index (Phi) is 5.16. The van der Waals surface area contributed by atoms with Crippen molar-refractivity contribution in [3.8, 4) is 11.5 Å². The lowest BCUT2D eigenvalue weighted by Crippen LogP contribution is -2.27. The van der Waals surface area contributed by atoms with E-state index in [4.69, 9.17) is 25.8 Å². The molecule has 0 spiro atoms. The minimum absolute atomic E-state index is 0.264. The average molecular weight is 286 g/mol. The fourth-order valence-corrected chi connectivity index (χ4v) is 2.42. The minimum atomic E-state index is 0.264. The van der Waals surface area contributed by atoms with Gasteiger partial charge in [0.25, 0.3) is 0 Å². The number of ether oxygens (including phenoxy) is 3. The lowest BCUT2D eigenvalue weighted by Gasteiger charge is -2.24. The van der Waals surface area contributed by atoms with Crippen LogP contribution in [-0.4, -0.2) is 33.5 Å². The first-order chi connectivity index (χ1) is 9.24. The highest BCUT2D eigenvalue weighted by Gasteiger charge is 2.15. The molecule has 4 nitrogen and oxygen atoms in total. The second-order valence-electron chi connectivity index (χ2n) is 4.56. The van der Waals surface area contributed by atoms with Gasteiger partial charge in [0.2, 0.25) is 0 Å². The largest absolute Gasteiger partial charge is 0.495 e. The first-order valence-corrected chi connectivity index (χ1v) is 6.89. The van der Waals surface area contributed by atoms with Gasteiger partial charge in [0.05, 0.1) is 31.0 Å². The van der Waals surface area contributed by atoms with Gasteiger partial charge in [-0.15, -0.1) is 0 Å². The third-order valence-electron chi connectivity index (χ3n) is 3.27. The van der Waals surface area contributed by atoms with Crippen molar-refractivity contribution >= 4 is 17.3 Å². The fraction of sp³-hybridized carbons (Fsp3) is 0.571. The van der Waals surface area contributed by atoms with Crippen LogP contribution in [0.5, 0.6) is 11.5 Å². The van der Waals surface area contributed by atoms with E-state index in [1.54, 1.807) is 20.3 Å². The number of benzene rings is 1. The number of hydrogen-bond acceptors (Lipinski definition) is 4. The van der Waals surface area contributed by atoms with E-state index in [0.29, 0.717) is 16.5 Å². The molecule has 1 heterocycles. The summed E-state index contributed by atoms with van der Waals surface area (Å²) in [6.45, 7) is 1.62. The van der Waals surface area contributed by atoms with Crippen LogP contribution in [0.4, 0.5) is 5.69 Å². The van der Waals surface area contributed by atoms with Crippen LogP contribution < -0.4 is 14.8 Å². The molecule has 1 aromatic carbocycles. The Morgan fingerprint density at radius 3 is 2.68 bits per heavy atom. The smallest absolute Gasteiger partial charge is 0.143 e. The van der Waals surface area contributed by atoms with E-state index in [0.717, 1.165) is 31.7 Å². The Morgan fingerprint density at radius 1 is 1.26 bits per heavy atom. The molecule has 1 saturated heterocycles. The summed E-state index contributed by atoms with van der Waals surface area (Å²) in [6, 6.07) is 3.61. The van der Waals surface area contributed by atoms with Gasteiger partial charge in [-0.05, 0) is 19.3 Å². The molecule has 0 aromatic heterocycles. The fourth-order valence-electron chi connectivity index (χ4n) is 2.19. The molecule has 1 atom stereocenters. The third-order valence-corrected chi connectivity index (χ3v) is 3.56. The molecule has 106 valence electrons. The SMILES string of the molecule is COc1cc(NCC2CCCCO2)c(OC)cc1Cl. The van der Waals surface area contributed by atoms with Crippen LogP contribution in [0.15, 0.2) is 12.1 Å². The van der Waals surface area contributed by atoms with E-state index in [1.165, 1.54) is 6.42 Å². The third kappa shape index (κ3) is 3.67. The topological polar surface area (TPSA) is 39.7 Å². The van der Waals surface area contributed by atoms with Crippen LogP contribution >= 0.6 is 11.6 Å². The maximum absolute atomic E-state index is 6.07. The molecule has 1 aromatic rings. The van der Waals surface area contributed by atoms with Crippen LogP contribution in [0.1, 0.15) is 19.3 Å². The molecule has 1 N–H and O–H groups in total. The zero-order chi connectivity index (χ0) is 13.7. The van der Waals surface area contributed by atoms with E-state index in [2.05, 4.69) is 5.32 Å².